The zero-order chi connectivity index (χ0) is 20.7. The lowest BCUT2D eigenvalue weighted by Crippen LogP contribution is -2.61. The molecular weight excluding hydrogens is 396 g/mol. The van der Waals surface area contributed by atoms with Crippen LogP contribution >= 0.6 is 11.6 Å². The third kappa shape index (κ3) is 3.63. The number of carbonyl (C=O) groups is 1. The fraction of sp³-hybridized carbons (Fsp3) is 0.400. The fourth-order valence-electron chi connectivity index (χ4n) is 5.46. The highest BCUT2D eigenvalue weighted by Crippen LogP contribution is 2.45. The smallest absolute Gasteiger partial charge is 0.335 e. The molecule has 1 N–H and O–H groups in total. The quantitative estimate of drug-likeness (QED) is 0.736. The van der Waals surface area contributed by atoms with Crippen molar-refractivity contribution in [1.82, 2.24) is 4.90 Å². The van der Waals surface area contributed by atoms with Crippen molar-refractivity contribution >= 4 is 28.8 Å². The lowest BCUT2D eigenvalue weighted by Gasteiger charge is -2.53. The van der Waals surface area contributed by atoms with E-state index in [1.54, 1.807) is 12.1 Å². The average molecular weight is 423 g/mol. The molecule has 1 atom stereocenters. The van der Waals surface area contributed by atoms with E-state index in [0.29, 0.717) is 17.0 Å². The lowest BCUT2D eigenvalue weighted by atomic mass is 9.75. The van der Waals surface area contributed by atoms with E-state index in [-0.39, 0.29) is 0 Å². The van der Waals surface area contributed by atoms with Gasteiger partial charge in [-0.05, 0) is 73.2 Å². The summed E-state index contributed by atoms with van der Waals surface area (Å²) in [6, 6.07) is 16.1. The summed E-state index contributed by atoms with van der Waals surface area (Å²) in [5.41, 5.74) is 4.62. The highest BCUT2D eigenvalue weighted by molar-refractivity contribution is 6.30. The van der Waals surface area contributed by atoms with Crippen molar-refractivity contribution in [3.8, 4) is 0 Å². The number of rotatable bonds is 4. The maximum atomic E-state index is 11.1. The first-order valence-electron chi connectivity index (χ1n) is 10.8. The zero-order valence-corrected chi connectivity index (χ0v) is 17.8. The SMILES string of the molecule is O=C(O)c1ccc(N2CCC3(C2)CN(C2CCCC=C2c2ccc(Cl)cc2)C3)cc1. The normalized spacial score (nSPS) is 23.3. The minimum atomic E-state index is -0.869. The third-order valence-electron chi connectivity index (χ3n) is 7.02. The van der Waals surface area contributed by atoms with Gasteiger partial charge in [0.15, 0.2) is 0 Å². The van der Waals surface area contributed by atoms with Crippen LogP contribution in [0.25, 0.3) is 5.57 Å². The Morgan fingerprint density at radius 1 is 1.03 bits per heavy atom. The van der Waals surface area contributed by atoms with Crippen molar-refractivity contribution in [3.63, 3.8) is 0 Å². The molecule has 156 valence electrons. The van der Waals surface area contributed by atoms with Gasteiger partial charge in [0.05, 0.1) is 5.56 Å². The van der Waals surface area contributed by atoms with Crippen LogP contribution in [0.15, 0.2) is 54.6 Å². The van der Waals surface area contributed by atoms with Crippen LogP contribution in [0.4, 0.5) is 5.69 Å². The first kappa shape index (κ1) is 19.7. The van der Waals surface area contributed by atoms with Crippen molar-refractivity contribution in [1.29, 1.82) is 0 Å². The van der Waals surface area contributed by atoms with Gasteiger partial charge in [0, 0.05) is 48.3 Å². The number of anilines is 1. The van der Waals surface area contributed by atoms with Gasteiger partial charge in [0.2, 0.25) is 0 Å². The van der Waals surface area contributed by atoms with Gasteiger partial charge in [-0.3, -0.25) is 4.90 Å². The van der Waals surface area contributed by atoms with Gasteiger partial charge in [-0.2, -0.15) is 0 Å². The van der Waals surface area contributed by atoms with Crippen LogP contribution in [0.3, 0.4) is 0 Å². The van der Waals surface area contributed by atoms with Crippen molar-refractivity contribution in [2.45, 2.75) is 31.7 Å². The summed E-state index contributed by atoms with van der Waals surface area (Å²) in [4.78, 5) is 16.2. The number of hydrogen-bond acceptors (Lipinski definition) is 3. The third-order valence-corrected chi connectivity index (χ3v) is 7.27. The Labute approximate surface area is 182 Å². The molecule has 0 saturated carbocycles. The van der Waals surface area contributed by atoms with Crippen LogP contribution in [0.5, 0.6) is 0 Å². The number of hydrogen-bond donors (Lipinski definition) is 1. The second-order valence-corrected chi connectivity index (χ2v) is 9.48. The van der Waals surface area contributed by atoms with Gasteiger partial charge in [-0.15, -0.1) is 0 Å². The molecule has 4 nitrogen and oxygen atoms in total. The Hall–Kier alpha value is -2.30. The largest absolute Gasteiger partial charge is 0.478 e. The zero-order valence-electron chi connectivity index (χ0n) is 17.1. The minimum Gasteiger partial charge on any atom is -0.478 e. The Bertz CT molecular complexity index is 962. The van der Waals surface area contributed by atoms with E-state index < -0.39 is 5.97 Å². The van der Waals surface area contributed by atoms with Crippen LogP contribution < -0.4 is 4.90 Å². The van der Waals surface area contributed by atoms with Gasteiger partial charge >= 0.3 is 5.97 Å². The molecule has 0 radical (unpaired) electrons. The monoisotopic (exact) mass is 422 g/mol. The molecular formula is C25H27ClN2O2. The standard InChI is InChI=1S/C25H27ClN2O2/c26-20-9-5-18(6-10-20)22-3-1-2-4-23(22)28-16-25(17-28)13-14-27(15-25)21-11-7-19(8-12-21)24(29)30/h3,5-12,23H,1-2,4,13-17H2,(H,29,30). The van der Waals surface area contributed by atoms with Crippen LogP contribution in [0.1, 0.15) is 41.6 Å². The van der Waals surface area contributed by atoms with Gasteiger partial charge in [-0.1, -0.05) is 29.8 Å². The van der Waals surface area contributed by atoms with E-state index in [2.05, 4.69) is 28.0 Å². The van der Waals surface area contributed by atoms with Gasteiger partial charge in [-0.25, -0.2) is 4.79 Å². The van der Waals surface area contributed by atoms with E-state index in [9.17, 15) is 4.79 Å². The number of carboxylic acids is 1. The molecule has 1 unspecified atom stereocenters. The molecule has 2 aliphatic heterocycles. The summed E-state index contributed by atoms with van der Waals surface area (Å²) in [7, 11) is 0. The first-order valence-corrected chi connectivity index (χ1v) is 11.2. The number of aromatic carboxylic acids is 1. The molecule has 5 heteroatoms. The predicted molar refractivity (Wildman–Crippen MR) is 121 cm³/mol. The number of nitrogens with zero attached hydrogens (tertiary/aromatic N) is 2. The van der Waals surface area contributed by atoms with Crippen molar-refractivity contribution in [2.75, 3.05) is 31.1 Å². The van der Waals surface area contributed by atoms with E-state index in [1.807, 2.05) is 24.3 Å². The molecule has 30 heavy (non-hydrogen) atoms. The number of likely N-dealkylation sites (tertiary alicyclic amines) is 1. The molecule has 0 bridgehead atoms. The summed E-state index contributed by atoms with van der Waals surface area (Å²) in [6.45, 7) is 4.39. The van der Waals surface area contributed by atoms with Crippen LogP contribution in [0.2, 0.25) is 5.02 Å². The maximum absolute atomic E-state index is 11.1. The van der Waals surface area contributed by atoms with Crippen molar-refractivity contribution < 1.29 is 9.90 Å². The summed E-state index contributed by atoms with van der Waals surface area (Å²) >= 11 is 6.09. The topological polar surface area (TPSA) is 43.8 Å². The fourth-order valence-corrected chi connectivity index (χ4v) is 5.58. The van der Waals surface area contributed by atoms with Crippen LogP contribution in [-0.4, -0.2) is 48.2 Å². The highest BCUT2D eigenvalue weighted by atomic mass is 35.5. The maximum Gasteiger partial charge on any atom is 0.335 e. The van der Waals surface area contributed by atoms with Crippen molar-refractivity contribution in [2.24, 2.45) is 5.41 Å². The first-order chi connectivity index (χ1) is 14.5. The summed E-state index contributed by atoms with van der Waals surface area (Å²) < 4.78 is 0. The summed E-state index contributed by atoms with van der Waals surface area (Å²) in [6.07, 6.45) is 7.27. The molecule has 1 spiro atoms. The Morgan fingerprint density at radius 3 is 2.47 bits per heavy atom. The molecule has 2 fully saturated rings. The van der Waals surface area contributed by atoms with Crippen molar-refractivity contribution in [3.05, 3.63) is 70.8 Å². The number of allylic oxidation sites excluding steroid dienone is 1. The molecule has 2 aromatic rings. The lowest BCUT2D eigenvalue weighted by molar-refractivity contribution is -0.00316. The highest BCUT2D eigenvalue weighted by Gasteiger charge is 2.50. The molecule has 0 aromatic heterocycles. The molecule has 1 aliphatic carbocycles. The minimum absolute atomic E-state index is 0.348. The summed E-state index contributed by atoms with van der Waals surface area (Å²) in [5, 5.41) is 9.90. The van der Waals surface area contributed by atoms with Crippen LogP contribution in [0, 0.1) is 5.41 Å². The molecule has 0 amide bonds. The second kappa shape index (κ2) is 7.75. The average Bonchev–Trinajstić information content (AvgIpc) is 3.19. The number of halogens is 1. The Kier molecular flexibility index (Phi) is 5.08. The Morgan fingerprint density at radius 2 is 1.77 bits per heavy atom. The van der Waals surface area contributed by atoms with Gasteiger partial charge < -0.3 is 10.0 Å². The molecule has 3 aliphatic rings. The molecule has 2 saturated heterocycles. The molecule has 5 rings (SSSR count). The van der Waals surface area contributed by atoms with Gasteiger partial charge in [0.25, 0.3) is 0 Å². The van der Waals surface area contributed by atoms with E-state index in [1.165, 1.54) is 30.4 Å². The molecule has 2 heterocycles. The molecule has 2 aromatic carbocycles. The predicted octanol–water partition coefficient (Wildman–Crippen LogP) is 5.19. The number of benzene rings is 2. The van der Waals surface area contributed by atoms with E-state index in [0.717, 1.165) is 43.3 Å². The Balaban J connectivity index is 1.25. The van der Waals surface area contributed by atoms with E-state index >= 15 is 0 Å². The summed E-state index contributed by atoms with van der Waals surface area (Å²) in [5.74, 6) is -0.869. The van der Waals surface area contributed by atoms with Gasteiger partial charge in [0.1, 0.15) is 0 Å². The number of carboxylic acid groups (broad SMARTS) is 1. The van der Waals surface area contributed by atoms with E-state index in [4.69, 9.17) is 16.7 Å². The van der Waals surface area contributed by atoms with Crippen LogP contribution in [-0.2, 0) is 0 Å². The second-order valence-electron chi connectivity index (χ2n) is 9.04.